The van der Waals surface area contributed by atoms with E-state index < -0.39 is 56.8 Å². The molecule has 4 saturated heterocycles. The van der Waals surface area contributed by atoms with Crippen molar-refractivity contribution < 1.29 is 31.1 Å². The summed E-state index contributed by atoms with van der Waals surface area (Å²) in [7, 11) is 0. The highest BCUT2D eigenvalue weighted by Gasteiger charge is 2.49. The highest BCUT2D eigenvalue weighted by atomic mass is 35.5. The molecular formula is C30H31ClF6N6O. The minimum Gasteiger partial charge on any atom is -0.461 e. The predicted octanol–water partition coefficient (Wildman–Crippen LogP) is 6.12. The van der Waals surface area contributed by atoms with Crippen molar-refractivity contribution in [3.63, 3.8) is 0 Å². The molecule has 4 aliphatic rings. The number of rotatable bonds is 5. The fraction of sp³-hybridized carbons (Fsp3) is 0.533. The number of nitrogens with two attached hydrogens (primary N) is 1. The van der Waals surface area contributed by atoms with Crippen molar-refractivity contribution >= 4 is 34.0 Å². The SMILES string of the molecule is C[C@]12CCC(CN(c3nc(OC[C@@]45CCCN4C[C@H](F)C5)nc4c(F)c(-c5cc(N)cc(Cl)c5C(F)(F)F)c(F)cc34)C1)N2. The van der Waals surface area contributed by atoms with Crippen molar-refractivity contribution in [3.05, 3.63) is 40.4 Å². The number of benzene rings is 2. The highest BCUT2D eigenvalue weighted by Crippen LogP contribution is 2.46. The summed E-state index contributed by atoms with van der Waals surface area (Å²) in [5, 5.41) is 2.78. The number of fused-ring (bicyclic) bond motifs is 4. The maximum atomic E-state index is 16.5. The summed E-state index contributed by atoms with van der Waals surface area (Å²) in [5.74, 6) is -2.35. The average Bonchev–Trinajstić information content (AvgIpc) is 3.54. The van der Waals surface area contributed by atoms with Crippen molar-refractivity contribution in [1.82, 2.24) is 20.2 Å². The van der Waals surface area contributed by atoms with E-state index in [1.807, 2.05) is 9.80 Å². The number of anilines is 2. The Morgan fingerprint density at radius 3 is 2.70 bits per heavy atom. The lowest BCUT2D eigenvalue weighted by atomic mass is 9.95. The fourth-order valence-electron chi connectivity index (χ4n) is 7.78. The number of nitrogen functional groups attached to an aromatic ring is 1. The Hall–Kier alpha value is -3.03. The number of piperazine rings is 1. The number of alkyl halides is 4. The zero-order chi connectivity index (χ0) is 31.2. The number of halogens is 7. The summed E-state index contributed by atoms with van der Waals surface area (Å²) in [4.78, 5) is 12.9. The van der Waals surface area contributed by atoms with Crippen molar-refractivity contribution in [2.45, 2.75) is 68.5 Å². The lowest BCUT2D eigenvalue weighted by Gasteiger charge is -2.40. The summed E-state index contributed by atoms with van der Waals surface area (Å²) in [5.41, 5.74) is 1.16. The van der Waals surface area contributed by atoms with Crippen LogP contribution in [-0.4, -0.2) is 70.9 Å². The molecule has 236 valence electrons. The summed E-state index contributed by atoms with van der Waals surface area (Å²) in [6.07, 6.45) is -2.35. The molecule has 0 aliphatic carbocycles. The molecule has 3 N–H and O–H groups in total. The van der Waals surface area contributed by atoms with E-state index in [-0.39, 0.29) is 47.5 Å². The van der Waals surface area contributed by atoms with Gasteiger partial charge in [0.25, 0.3) is 0 Å². The lowest BCUT2D eigenvalue weighted by molar-refractivity contribution is -0.137. The van der Waals surface area contributed by atoms with Gasteiger partial charge in [0.1, 0.15) is 29.9 Å². The molecule has 0 amide bonds. The third-order valence-corrected chi connectivity index (χ3v) is 9.91. The normalized spacial score (nSPS) is 28.7. The van der Waals surface area contributed by atoms with E-state index in [9.17, 15) is 17.6 Å². The number of ether oxygens (including phenoxy) is 1. The molecule has 2 aromatic carbocycles. The Labute approximate surface area is 254 Å². The maximum absolute atomic E-state index is 16.5. The zero-order valence-corrected chi connectivity index (χ0v) is 24.6. The van der Waals surface area contributed by atoms with E-state index in [4.69, 9.17) is 22.1 Å². The average molecular weight is 641 g/mol. The van der Waals surface area contributed by atoms with Gasteiger partial charge in [-0.25, -0.2) is 13.2 Å². The number of hydrogen-bond donors (Lipinski definition) is 2. The molecule has 5 heterocycles. The predicted molar refractivity (Wildman–Crippen MR) is 155 cm³/mol. The van der Waals surface area contributed by atoms with Gasteiger partial charge in [0.15, 0.2) is 5.82 Å². The standard InChI is InChI=1S/C30H31ClF6N6O/c1-28-5-3-17(41-28)12-42(13-28)26-19-9-21(33)22(18-7-16(38)8-20(31)23(18)30(35,36)37)24(34)25(19)39-27(40-26)44-14-29-4-2-6-43(29)11-15(32)10-29/h7-9,15,17,41H,2-6,10-14,38H2,1H3/t15-,17?,28+,29+/m1/s1. The van der Waals surface area contributed by atoms with Gasteiger partial charge in [-0.05, 0) is 57.4 Å². The van der Waals surface area contributed by atoms with Gasteiger partial charge in [-0.3, -0.25) is 4.90 Å². The first-order valence-corrected chi connectivity index (χ1v) is 15.0. The van der Waals surface area contributed by atoms with E-state index in [0.29, 0.717) is 26.1 Å². The molecule has 3 aromatic rings. The lowest BCUT2D eigenvalue weighted by Crippen LogP contribution is -2.58. The molecule has 0 spiro atoms. The highest BCUT2D eigenvalue weighted by molar-refractivity contribution is 6.32. The number of aromatic nitrogens is 2. The first kappa shape index (κ1) is 29.7. The van der Waals surface area contributed by atoms with Gasteiger partial charge in [0.05, 0.1) is 21.7 Å². The fourth-order valence-corrected chi connectivity index (χ4v) is 8.11. The Morgan fingerprint density at radius 2 is 1.95 bits per heavy atom. The molecule has 7 rings (SSSR count). The van der Waals surface area contributed by atoms with Crippen LogP contribution in [0.25, 0.3) is 22.0 Å². The van der Waals surface area contributed by atoms with Crippen LogP contribution in [0.15, 0.2) is 18.2 Å². The molecular weight excluding hydrogens is 610 g/mol. The van der Waals surface area contributed by atoms with Crippen LogP contribution in [-0.2, 0) is 6.18 Å². The van der Waals surface area contributed by atoms with Crippen LogP contribution in [0.5, 0.6) is 6.01 Å². The van der Waals surface area contributed by atoms with Crippen LogP contribution < -0.4 is 20.7 Å². The molecule has 2 bridgehead atoms. The summed E-state index contributed by atoms with van der Waals surface area (Å²) in [6.45, 7) is 4.12. The molecule has 4 aliphatic heterocycles. The van der Waals surface area contributed by atoms with E-state index in [1.165, 1.54) is 0 Å². The van der Waals surface area contributed by atoms with Crippen molar-refractivity contribution in [3.8, 4) is 17.1 Å². The van der Waals surface area contributed by atoms with E-state index >= 15 is 8.78 Å². The minimum absolute atomic E-state index is 0.00472. The first-order chi connectivity index (χ1) is 20.8. The molecule has 1 aromatic heterocycles. The molecule has 0 saturated carbocycles. The second kappa shape index (κ2) is 10.2. The third-order valence-electron chi connectivity index (χ3n) is 9.62. The van der Waals surface area contributed by atoms with Crippen molar-refractivity contribution in [2.75, 3.05) is 43.4 Å². The quantitative estimate of drug-likeness (QED) is 0.257. The maximum Gasteiger partial charge on any atom is 0.418 e. The van der Waals surface area contributed by atoms with Gasteiger partial charge in [0, 0.05) is 54.3 Å². The van der Waals surface area contributed by atoms with Gasteiger partial charge in [-0.1, -0.05) is 11.6 Å². The van der Waals surface area contributed by atoms with Gasteiger partial charge < -0.3 is 20.7 Å². The number of hydrogen-bond acceptors (Lipinski definition) is 7. The smallest absolute Gasteiger partial charge is 0.418 e. The van der Waals surface area contributed by atoms with Crippen LogP contribution >= 0.6 is 11.6 Å². The van der Waals surface area contributed by atoms with E-state index in [2.05, 4.69) is 22.2 Å². The number of nitrogens with zero attached hydrogens (tertiary/aromatic N) is 4. The molecule has 1 unspecified atom stereocenters. The molecule has 4 fully saturated rings. The van der Waals surface area contributed by atoms with Crippen LogP contribution in [0.3, 0.4) is 0 Å². The monoisotopic (exact) mass is 640 g/mol. The topological polar surface area (TPSA) is 79.5 Å². The Balaban J connectivity index is 1.39. The first-order valence-electron chi connectivity index (χ1n) is 14.7. The Kier molecular flexibility index (Phi) is 6.91. The second-order valence-corrected chi connectivity index (χ2v) is 13.3. The molecule has 14 heteroatoms. The molecule has 7 nitrogen and oxygen atoms in total. The minimum atomic E-state index is -5.03. The second-order valence-electron chi connectivity index (χ2n) is 12.9. The van der Waals surface area contributed by atoms with Crippen LogP contribution in [0.1, 0.15) is 44.6 Å². The molecule has 0 radical (unpaired) electrons. The summed E-state index contributed by atoms with van der Waals surface area (Å²) < 4.78 is 95.2. The van der Waals surface area contributed by atoms with E-state index in [0.717, 1.165) is 44.0 Å². The Bertz CT molecular complexity index is 1660. The summed E-state index contributed by atoms with van der Waals surface area (Å²) >= 11 is 5.91. The molecule has 44 heavy (non-hydrogen) atoms. The summed E-state index contributed by atoms with van der Waals surface area (Å²) in [6, 6.07) is 2.58. The third kappa shape index (κ3) is 4.91. The van der Waals surface area contributed by atoms with Gasteiger partial charge >= 0.3 is 12.2 Å². The van der Waals surface area contributed by atoms with E-state index in [1.54, 1.807) is 0 Å². The Morgan fingerprint density at radius 1 is 1.16 bits per heavy atom. The van der Waals surface area contributed by atoms with Crippen molar-refractivity contribution in [2.24, 2.45) is 0 Å². The largest absolute Gasteiger partial charge is 0.461 e. The number of nitrogens with one attached hydrogen (secondary N) is 1. The van der Waals surface area contributed by atoms with Gasteiger partial charge in [0.2, 0.25) is 0 Å². The van der Waals surface area contributed by atoms with Crippen LogP contribution in [0.2, 0.25) is 5.02 Å². The van der Waals surface area contributed by atoms with Gasteiger partial charge in [-0.15, -0.1) is 0 Å². The van der Waals surface area contributed by atoms with Gasteiger partial charge in [-0.2, -0.15) is 23.1 Å². The molecule has 4 atom stereocenters. The zero-order valence-electron chi connectivity index (χ0n) is 23.9. The van der Waals surface area contributed by atoms with Crippen LogP contribution in [0, 0.1) is 11.6 Å². The van der Waals surface area contributed by atoms with Crippen LogP contribution in [0.4, 0.5) is 37.8 Å². The van der Waals surface area contributed by atoms with Crippen molar-refractivity contribution in [1.29, 1.82) is 0 Å².